The Balaban J connectivity index is 2.33. The number of amidine groups is 1. The summed E-state index contributed by atoms with van der Waals surface area (Å²) in [4.78, 5) is 11.4. The molecular formula is C10H19N3O2S. The van der Waals surface area contributed by atoms with Crippen molar-refractivity contribution >= 4 is 23.0 Å². The Morgan fingerprint density at radius 2 is 2.31 bits per heavy atom. The molecule has 3 N–H and O–H groups in total. The van der Waals surface area contributed by atoms with Gasteiger partial charge in [0.2, 0.25) is 0 Å². The van der Waals surface area contributed by atoms with E-state index in [2.05, 4.69) is 24.5 Å². The van der Waals surface area contributed by atoms with Crippen LogP contribution >= 0.6 is 11.8 Å². The van der Waals surface area contributed by atoms with Crippen molar-refractivity contribution in [3.05, 3.63) is 0 Å². The average Bonchev–Trinajstić information content (AvgIpc) is 2.58. The van der Waals surface area contributed by atoms with Crippen molar-refractivity contribution in [2.75, 3.05) is 6.26 Å². The summed E-state index contributed by atoms with van der Waals surface area (Å²) in [7, 11) is 0. The van der Waals surface area contributed by atoms with Crippen LogP contribution in [-0.2, 0) is 4.74 Å². The Kier molecular flexibility index (Phi) is 5.08. The molecule has 0 saturated carbocycles. The van der Waals surface area contributed by atoms with Crippen LogP contribution in [-0.4, -0.2) is 29.8 Å². The van der Waals surface area contributed by atoms with E-state index >= 15 is 0 Å². The quantitative estimate of drug-likeness (QED) is 0.512. The van der Waals surface area contributed by atoms with E-state index in [1.54, 1.807) is 6.26 Å². The van der Waals surface area contributed by atoms with Crippen LogP contribution < -0.4 is 10.6 Å². The Morgan fingerprint density at radius 1 is 1.62 bits per heavy atom. The van der Waals surface area contributed by atoms with Gasteiger partial charge in [0.15, 0.2) is 5.17 Å². The Bertz CT molecular complexity index is 273. The third-order valence-corrected chi connectivity index (χ3v) is 3.20. The van der Waals surface area contributed by atoms with Gasteiger partial charge < -0.3 is 10.1 Å². The first-order valence-corrected chi connectivity index (χ1v) is 6.64. The van der Waals surface area contributed by atoms with Gasteiger partial charge in [0.1, 0.15) is 6.23 Å². The van der Waals surface area contributed by atoms with Crippen LogP contribution in [0.25, 0.3) is 0 Å². The lowest BCUT2D eigenvalue weighted by molar-refractivity contribution is 0.0232. The molecule has 0 aromatic rings. The van der Waals surface area contributed by atoms with Crippen LogP contribution in [0.15, 0.2) is 0 Å². The Morgan fingerprint density at radius 3 is 2.81 bits per heavy atom. The summed E-state index contributed by atoms with van der Waals surface area (Å²) in [5.41, 5.74) is 0. The number of carbonyl (C=O) groups excluding carboxylic acids is 1. The summed E-state index contributed by atoms with van der Waals surface area (Å²) in [6, 6.07) is -0.367. The average molecular weight is 245 g/mol. The van der Waals surface area contributed by atoms with Gasteiger partial charge in [0.25, 0.3) is 0 Å². The van der Waals surface area contributed by atoms with Crippen molar-refractivity contribution in [2.24, 2.45) is 5.92 Å². The fraction of sp³-hybridized carbons (Fsp3) is 0.800. The minimum atomic E-state index is -0.367. The molecule has 1 aliphatic rings. The molecule has 3 atom stereocenters. The van der Waals surface area contributed by atoms with E-state index in [9.17, 15) is 4.79 Å². The van der Waals surface area contributed by atoms with E-state index in [4.69, 9.17) is 10.1 Å². The number of nitrogens with one attached hydrogen (secondary N) is 3. The van der Waals surface area contributed by atoms with Crippen molar-refractivity contribution in [2.45, 2.75) is 39.0 Å². The van der Waals surface area contributed by atoms with E-state index in [0.29, 0.717) is 5.92 Å². The first-order chi connectivity index (χ1) is 7.56. The highest BCUT2D eigenvalue weighted by Crippen LogP contribution is 2.26. The molecule has 1 heterocycles. The first kappa shape index (κ1) is 13.3. The largest absolute Gasteiger partial charge is 0.355 e. The maximum absolute atomic E-state index is 11.4. The summed E-state index contributed by atoms with van der Waals surface area (Å²) in [6.07, 6.45) is 3.53. The molecule has 0 aromatic heterocycles. The van der Waals surface area contributed by atoms with E-state index in [1.807, 2.05) is 0 Å². The summed E-state index contributed by atoms with van der Waals surface area (Å²) in [6.45, 7) is 4.20. The second-order valence-electron chi connectivity index (χ2n) is 3.92. The van der Waals surface area contributed by atoms with Gasteiger partial charge in [-0.1, -0.05) is 25.6 Å². The van der Waals surface area contributed by atoms with Gasteiger partial charge in [-0.05, 0) is 25.0 Å². The maximum atomic E-state index is 11.4. The van der Waals surface area contributed by atoms with Crippen molar-refractivity contribution in [1.29, 1.82) is 5.41 Å². The number of urea groups is 1. The van der Waals surface area contributed by atoms with E-state index in [-0.39, 0.29) is 23.5 Å². The molecule has 1 rings (SSSR count). The van der Waals surface area contributed by atoms with Crippen LogP contribution in [0.2, 0.25) is 0 Å². The molecular weight excluding hydrogens is 226 g/mol. The summed E-state index contributed by atoms with van der Waals surface area (Å²) in [5.74, 6) is 0.468. The molecule has 5 nitrogen and oxygen atoms in total. The topological polar surface area (TPSA) is 74.2 Å². The van der Waals surface area contributed by atoms with E-state index < -0.39 is 0 Å². The summed E-state index contributed by atoms with van der Waals surface area (Å²) < 4.78 is 5.66. The van der Waals surface area contributed by atoms with Crippen molar-refractivity contribution < 1.29 is 9.53 Å². The minimum Gasteiger partial charge on any atom is -0.355 e. The third-order valence-electron chi connectivity index (χ3n) is 2.69. The predicted octanol–water partition coefficient (Wildman–Crippen LogP) is 1.74. The number of hydrogen-bond donors (Lipinski definition) is 3. The molecule has 92 valence electrons. The van der Waals surface area contributed by atoms with Gasteiger partial charge in [-0.3, -0.25) is 10.7 Å². The molecule has 2 amide bonds. The van der Waals surface area contributed by atoms with Gasteiger partial charge in [0.05, 0.1) is 6.10 Å². The highest BCUT2D eigenvalue weighted by atomic mass is 32.2. The molecule has 0 bridgehead atoms. The van der Waals surface area contributed by atoms with Crippen LogP contribution in [0.5, 0.6) is 0 Å². The Labute approximate surface area is 100 Å². The zero-order valence-corrected chi connectivity index (χ0v) is 10.7. The molecule has 1 saturated heterocycles. The third kappa shape index (κ3) is 3.68. The van der Waals surface area contributed by atoms with Gasteiger partial charge in [0, 0.05) is 0 Å². The van der Waals surface area contributed by atoms with E-state index in [0.717, 1.165) is 12.8 Å². The van der Waals surface area contributed by atoms with Crippen molar-refractivity contribution in [1.82, 2.24) is 10.6 Å². The van der Waals surface area contributed by atoms with E-state index in [1.165, 1.54) is 11.8 Å². The monoisotopic (exact) mass is 245 g/mol. The SMILES string of the molecule is CC[C@H]1O[C@@H](NC(=O)NC(=N)SC)C[C@H]1C. The number of amides is 2. The number of rotatable bonds is 2. The number of hydrogen-bond acceptors (Lipinski definition) is 4. The lowest BCUT2D eigenvalue weighted by Gasteiger charge is -2.14. The van der Waals surface area contributed by atoms with Crippen LogP contribution in [0, 0.1) is 11.3 Å². The molecule has 1 fully saturated rings. The molecule has 0 aromatic carbocycles. The standard InChI is InChI=1S/C10H19N3O2S/c1-4-7-6(2)5-8(15-7)12-10(14)13-9(11)16-3/h6-8H,4-5H2,1-3H3,(H3,11,12,13,14)/t6-,7-,8-/m1/s1. The zero-order valence-electron chi connectivity index (χ0n) is 9.87. The fourth-order valence-corrected chi connectivity index (χ4v) is 2.01. The number of thioether (sulfide) groups is 1. The van der Waals surface area contributed by atoms with Crippen LogP contribution in [0.1, 0.15) is 26.7 Å². The lowest BCUT2D eigenvalue weighted by Crippen LogP contribution is -2.43. The fourth-order valence-electron chi connectivity index (χ4n) is 1.82. The second-order valence-corrected chi connectivity index (χ2v) is 4.73. The smallest absolute Gasteiger partial charge is 0.322 e. The molecule has 0 radical (unpaired) electrons. The molecule has 0 aliphatic carbocycles. The normalized spacial score (nSPS) is 28.8. The first-order valence-electron chi connectivity index (χ1n) is 5.42. The predicted molar refractivity (Wildman–Crippen MR) is 65.6 cm³/mol. The van der Waals surface area contributed by atoms with Crippen LogP contribution in [0.3, 0.4) is 0 Å². The van der Waals surface area contributed by atoms with Crippen LogP contribution in [0.4, 0.5) is 4.79 Å². The zero-order chi connectivity index (χ0) is 12.1. The lowest BCUT2D eigenvalue weighted by atomic mass is 10.0. The van der Waals surface area contributed by atoms with Gasteiger partial charge in [-0.25, -0.2) is 4.79 Å². The van der Waals surface area contributed by atoms with Crippen molar-refractivity contribution in [3.63, 3.8) is 0 Å². The molecule has 0 unspecified atom stereocenters. The molecule has 6 heteroatoms. The second kappa shape index (κ2) is 6.10. The van der Waals surface area contributed by atoms with Gasteiger partial charge in [-0.15, -0.1) is 0 Å². The van der Waals surface area contributed by atoms with Gasteiger partial charge in [-0.2, -0.15) is 0 Å². The Hall–Kier alpha value is -0.750. The minimum absolute atomic E-state index is 0.135. The van der Waals surface area contributed by atoms with Crippen molar-refractivity contribution in [3.8, 4) is 0 Å². The molecule has 1 aliphatic heterocycles. The maximum Gasteiger partial charge on any atom is 0.322 e. The number of ether oxygens (including phenoxy) is 1. The van der Waals surface area contributed by atoms with Gasteiger partial charge >= 0.3 is 6.03 Å². The number of carbonyl (C=O) groups is 1. The summed E-state index contributed by atoms with van der Waals surface area (Å²) >= 11 is 1.19. The highest BCUT2D eigenvalue weighted by Gasteiger charge is 2.31. The highest BCUT2D eigenvalue weighted by molar-refractivity contribution is 8.13. The summed E-state index contributed by atoms with van der Waals surface area (Å²) in [5, 5.41) is 12.6. The molecule has 16 heavy (non-hydrogen) atoms. The molecule has 0 spiro atoms.